The molecule has 0 fully saturated rings. The zero-order valence-electron chi connectivity index (χ0n) is 25.7. The molecule has 2 amide bonds. The molecule has 248 valence electrons. The van der Waals surface area contributed by atoms with Gasteiger partial charge in [0.25, 0.3) is 17.0 Å². The fraction of sp³-hybridized carbons (Fsp3) is 0.114. The minimum absolute atomic E-state index is 0.121. The molecule has 0 bridgehead atoms. The monoisotopic (exact) mass is 680 g/mol. The highest BCUT2D eigenvalue weighted by Crippen LogP contribution is 2.20. The Kier molecular flexibility index (Phi) is 11.1. The number of rotatable bonds is 9. The topological polar surface area (TPSA) is 196 Å². The molecule has 0 aliphatic heterocycles. The van der Waals surface area contributed by atoms with Gasteiger partial charge in [-0.3, -0.25) is 14.4 Å². The molecular formula is C35H29ClN6O7. The van der Waals surface area contributed by atoms with Gasteiger partial charge in [0, 0.05) is 17.1 Å². The number of alkyl carbamates (subject to hydrolysis) is 1. The maximum atomic E-state index is 13.0. The molecule has 6 rings (SSSR count). The van der Waals surface area contributed by atoms with Crippen molar-refractivity contribution in [1.82, 2.24) is 30.6 Å². The lowest BCUT2D eigenvalue weighted by atomic mass is 10.0. The number of ether oxygens (including phenoxy) is 1. The first kappa shape index (κ1) is 34.0. The zero-order chi connectivity index (χ0) is 34.8. The van der Waals surface area contributed by atoms with Crippen molar-refractivity contribution in [2.75, 3.05) is 6.54 Å². The number of aromatic carboxylic acids is 1. The Morgan fingerprint density at radius 3 is 2.00 bits per heavy atom. The van der Waals surface area contributed by atoms with Gasteiger partial charge >= 0.3 is 12.1 Å². The summed E-state index contributed by atoms with van der Waals surface area (Å²) in [5.41, 5.74) is 2.47. The van der Waals surface area contributed by atoms with Gasteiger partial charge in [0.1, 0.15) is 6.61 Å². The molecule has 0 spiro atoms. The maximum Gasteiger partial charge on any atom is 0.407 e. The summed E-state index contributed by atoms with van der Waals surface area (Å²) in [7, 11) is 0. The van der Waals surface area contributed by atoms with Crippen LogP contribution >= 0.6 is 11.6 Å². The van der Waals surface area contributed by atoms with Crippen LogP contribution in [0, 0.1) is 0 Å². The first-order valence-electron chi connectivity index (χ1n) is 14.9. The van der Waals surface area contributed by atoms with Crippen LogP contribution in [0.2, 0.25) is 5.02 Å². The van der Waals surface area contributed by atoms with Gasteiger partial charge < -0.3 is 30.4 Å². The Morgan fingerprint density at radius 1 is 0.796 bits per heavy atom. The van der Waals surface area contributed by atoms with Crippen LogP contribution in [0.15, 0.2) is 113 Å². The molecular weight excluding hydrogens is 652 g/mol. The summed E-state index contributed by atoms with van der Waals surface area (Å²) in [4.78, 5) is 71.8. The molecule has 49 heavy (non-hydrogen) atoms. The SMILES string of the molecule is O=C(NCCC(NC(=O)c1ccc2c(=O)[nH]cnc2c1)c1ccc(Cl)cc1)OCc1ccccc1.O=C(O)c1ccc2c(=O)[nH]cnc2c1. The predicted octanol–water partition coefficient (Wildman–Crippen LogP) is 4.99. The van der Waals surface area contributed by atoms with Gasteiger partial charge in [0.15, 0.2) is 0 Å². The van der Waals surface area contributed by atoms with Crippen LogP contribution in [0.1, 0.15) is 44.3 Å². The third-order valence-electron chi connectivity index (χ3n) is 7.29. The van der Waals surface area contributed by atoms with Crippen molar-refractivity contribution >= 4 is 51.4 Å². The number of nitrogens with zero attached hydrogens (tertiary/aromatic N) is 2. The molecule has 0 aliphatic rings. The van der Waals surface area contributed by atoms with Gasteiger partial charge in [-0.15, -0.1) is 0 Å². The highest BCUT2D eigenvalue weighted by molar-refractivity contribution is 6.30. The van der Waals surface area contributed by atoms with Crippen LogP contribution in [0.4, 0.5) is 4.79 Å². The minimum atomic E-state index is -1.03. The van der Waals surface area contributed by atoms with Gasteiger partial charge in [0.05, 0.1) is 46.1 Å². The first-order chi connectivity index (χ1) is 23.7. The number of carbonyl (C=O) groups excluding carboxylic acids is 2. The summed E-state index contributed by atoms with van der Waals surface area (Å²) in [6.45, 7) is 0.443. The van der Waals surface area contributed by atoms with Crippen molar-refractivity contribution in [3.8, 4) is 0 Å². The van der Waals surface area contributed by atoms with E-state index in [1.54, 1.807) is 30.3 Å². The van der Waals surface area contributed by atoms with Gasteiger partial charge in [-0.25, -0.2) is 19.6 Å². The number of aromatic amines is 2. The number of amides is 2. The molecule has 0 saturated heterocycles. The maximum absolute atomic E-state index is 13.0. The normalized spacial score (nSPS) is 11.2. The van der Waals surface area contributed by atoms with Gasteiger partial charge in [-0.2, -0.15) is 0 Å². The molecule has 2 aromatic heterocycles. The summed E-state index contributed by atoms with van der Waals surface area (Å²) in [6.07, 6.45) is 2.42. The number of carbonyl (C=O) groups is 3. The van der Waals surface area contributed by atoms with E-state index in [9.17, 15) is 24.0 Å². The summed E-state index contributed by atoms with van der Waals surface area (Å²) in [5, 5.41) is 15.8. The Balaban J connectivity index is 0.000000278. The number of halogens is 1. The third-order valence-corrected chi connectivity index (χ3v) is 7.54. The van der Waals surface area contributed by atoms with Crippen LogP contribution < -0.4 is 21.8 Å². The van der Waals surface area contributed by atoms with E-state index in [1.165, 1.54) is 30.9 Å². The highest BCUT2D eigenvalue weighted by Gasteiger charge is 2.17. The van der Waals surface area contributed by atoms with E-state index in [0.29, 0.717) is 38.8 Å². The van der Waals surface area contributed by atoms with E-state index < -0.39 is 18.1 Å². The van der Waals surface area contributed by atoms with Gasteiger partial charge in [0.2, 0.25) is 0 Å². The average Bonchev–Trinajstić information content (AvgIpc) is 3.11. The van der Waals surface area contributed by atoms with Crippen LogP contribution in [0.5, 0.6) is 0 Å². The highest BCUT2D eigenvalue weighted by atomic mass is 35.5. The van der Waals surface area contributed by atoms with E-state index in [1.807, 2.05) is 42.5 Å². The molecule has 5 N–H and O–H groups in total. The second-order valence-electron chi connectivity index (χ2n) is 10.6. The number of nitrogens with one attached hydrogen (secondary N) is 4. The van der Waals surface area contributed by atoms with Crippen molar-refractivity contribution in [3.63, 3.8) is 0 Å². The van der Waals surface area contributed by atoms with E-state index >= 15 is 0 Å². The van der Waals surface area contributed by atoms with Crippen LogP contribution in [-0.4, -0.2) is 49.6 Å². The van der Waals surface area contributed by atoms with E-state index in [0.717, 1.165) is 11.1 Å². The quantitative estimate of drug-likeness (QED) is 0.140. The van der Waals surface area contributed by atoms with Crippen LogP contribution in [0.3, 0.4) is 0 Å². The second-order valence-corrected chi connectivity index (χ2v) is 11.0. The Labute approximate surface area is 283 Å². The van der Waals surface area contributed by atoms with Gasteiger partial charge in [-0.1, -0.05) is 54.1 Å². The first-order valence-corrected chi connectivity index (χ1v) is 15.2. The van der Waals surface area contributed by atoms with Crippen molar-refractivity contribution < 1.29 is 24.2 Å². The van der Waals surface area contributed by atoms with Gasteiger partial charge in [-0.05, 0) is 66.1 Å². The Bertz CT molecular complexity index is 2220. The number of carboxylic acid groups (broad SMARTS) is 1. The average molecular weight is 681 g/mol. The van der Waals surface area contributed by atoms with Crippen molar-refractivity contribution in [2.24, 2.45) is 0 Å². The smallest absolute Gasteiger partial charge is 0.407 e. The summed E-state index contributed by atoms with van der Waals surface area (Å²) >= 11 is 6.02. The number of aromatic nitrogens is 4. The number of H-pyrrole nitrogens is 2. The molecule has 13 nitrogen and oxygen atoms in total. The van der Waals surface area contributed by atoms with E-state index in [-0.39, 0.29) is 35.7 Å². The number of hydrogen-bond donors (Lipinski definition) is 5. The fourth-order valence-electron chi connectivity index (χ4n) is 4.76. The van der Waals surface area contributed by atoms with Crippen molar-refractivity contribution in [2.45, 2.75) is 19.1 Å². The predicted molar refractivity (Wildman–Crippen MR) is 183 cm³/mol. The molecule has 6 aromatic rings. The number of fused-ring (bicyclic) bond motifs is 2. The Hall–Kier alpha value is -6.34. The van der Waals surface area contributed by atoms with Crippen molar-refractivity contribution in [1.29, 1.82) is 0 Å². The zero-order valence-corrected chi connectivity index (χ0v) is 26.4. The number of benzene rings is 4. The molecule has 0 saturated carbocycles. The summed E-state index contributed by atoms with van der Waals surface area (Å²) in [6, 6.07) is 25.0. The third kappa shape index (κ3) is 9.14. The summed E-state index contributed by atoms with van der Waals surface area (Å²) in [5.74, 6) is -1.37. The number of hydrogen-bond acceptors (Lipinski definition) is 8. The van der Waals surface area contributed by atoms with Crippen LogP contribution in [0.25, 0.3) is 21.8 Å². The lowest BCUT2D eigenvalue weighted by molar-refractivity contribution is 0.0696. The molecule has 14 heteroatoms. The van der Waals surface area contributed by atoms with Crippen LogP contribution in [-0.2, 0) is 11.3 Å². The fourth-order valence-corrected chi connectivity index (χ4v) is 4.89. The summed E-state index contributed by atoms with van der Waals surface area (Å²) < 4.78 is 5.24. The molecule has 1 atom stereocenters. The number of carboxylic acids is 1. The lowest BCUT2D eigenvalue weighted by Gasteiger charge is -2.20. The van der Waals surface area contributed by atoms with Crippen molar-refractivity contribution in [3.05, 3.63) is 152 Å². The Morgan fingerprint density at radius 2 is 1.39 bits per heavy atom. The second kappa shape index (κ2) is 16.0. The molecule has 4 aromatic carbocycles. The lowest BCUT2D eigenvalue weighted by Crippen LogP contribution is -2.33. The largest absolute Gasteiger partial charge is 0.478 e. The standard InChI is InChI=1S/C26H23ClN4O4.C9H6N2O3/c27-20-9-6-18(7-10-20)22(12-13-28-26(34)35-15-17-4-2-1-3-5-17)31-24(32)19-8-11-21-23(14-19)29-16-30-25(21)33;12-8-6-2-1-5(9(13)14)3-7(6)10-4-11-8/h1-11,14,16,22H,12-13,15H2,(H,28,34)(H,31,32)(H,29,30,33);1-4H,(H,13,14)(H,10,11,12). The molecule has 2 heterocycles. The molecule has 0 aliphatic carbocycles. The van der Waals surface area contributed by atoms with E-state index in [2.05, 4.69) is 30.6 Å². The van der Waals surface area contributed by atoms with E-state index in [4.69, 9.17) is 21.4 Å². The molecule has 0 radical (unpaired) electrons. The minimum Gasteiger partial charge on any atom is -0.478 e. The molecule has 1 unspecified atom stereocenters.